The third-order valence-corrected chi connectivity index (χ3v) is 5.46. The Balaban J connectivity index is 1.80. The number of ether oxygens (including phenoxy) is 3. The minimum absolute atomic E-state index is 0.0474. The summed E-state index contributed by atoms with van der Waals surface area (Å²) >= 11 is 1.22. The molecule has 0 spiro atoms. The van der Waals surface area contributed by atoms with Gasteiger partial charge in [-0.1, -0.05) is 30.3 Å². The van der Waals surface area contributed by atoms with E-state index in [1.54, 1.807) is 25.4 Å². The van der Waals surface area contributed by atoms with Crippen molar-refractivity contribution < 1.29 is 23.9 Å². The second kappa shape index (κ2) is 9.53. The van der Waals surface area contributed by atoms with Gasteiger partial charge in [0.15, 0.2) is 16.6 Å². The van der Waals surface area contributed by atoms with Crippen LogP contribution < -0.4 is 0 Å². The lowest BCUT2D eigenvalue weighted by Crippen LogP contribution is -2.42. The number of carbonyl (C=O) groups excluding carboxylic acids is 1. The van der Waals surface area contributed by atoms with Gasteiger partial charge in [0.25, 0.3) is 0 Å². The first-order chi connectivity index (χ1) is 13.8. The summed E-state index contributed by atoms with van der Waals surface area (Å²) in [6.07, 6.45) is 0.308. The lowest BCUT2D eigenvalue weighted by Gasteiger charge is -2.29. The van der Waals surface area contributed by atoms with Crippen LogP contribution in [-0.4, -0.2) is 46.8 Å². The summed E-state index contributed by atoms with van der Waals surface area (Å²) in [5.74, 6) is -1.72. The number of nitrogens with zero attached hydrogens (tertiary/aromatic N) is 2. The highest BCUT2D eigenvalue weighted by Gasteiger charge is 2.43. The summed E-state index contributed by atoms with van der Waals surface area (Å²) in [5.41, 5.74) is 0.932. The summed E-state index contributed by atoms with van der Waals surface area (Å²) in [5, 5.41) is 13.4. The molecule has 2 heterocycles. The molecular weight excluding hydrogens is 396 g/mol. The first-order valence-corrected chi connectivity index (χ1v) is 10.2. The Kier molecular flexibility index (Phi) is 7.07. The highest BCUT2D eigenvalue weighted by molar-refractivity contribution is 7.11. The second-order valence-corrected chi connectivity index (χ2v) is 8.26. The van der Waals surface area contributed by atoms with Crippen molar-refractivity contribution in [2.45, 2.75) is 44.9 Å². The van der Waals surface area contributed by atoms with Crippen molar-refractivity contribution >= 4 is 17.1 Å². The summed E-state index contributed by atoms with van der Waals surface area (Å²) in [7, 11) is 0. The average molecular weight is 420 g/mol. The lowest BCUT2D eigenvalue weighted by atomic mass is 9.92. The number of hydrogen-bond donors (Lipinski definition) is 0. The number of nitro groups is 1. The number of benzene rings is 1. The molecule has 0 saturated carbocycles. The van der Waals surface area contributed by atoms with Gasteiger partial charge in [0.05, 0.1) is 25.2 Å². The number of thiazole rings is 1. The van der Waals surface area contributed by atoms with Crippen molar-refractivity contribution in [3.05, 3.63) is 62.6 Å². The molecule has 0 radical (unpaired) electrons. The maximum absolute atomic E-state index is 12.6. The fraction of sp³-hybridized carbons (Fsp3) is 0.500. The molecule has 1 aliphatic heterocycles. The summed E-state index contributed by atoms with van der Waals surface area (Å²) in [6, 6.07) is 9.52. The average Bonchev–Trinajstić information content (AvgIpc) is 3.32. The van der Waals surface area contributed by atoms with Crippen LogP contribution in [0.4, 0.5) is 0 Å². The number of rotatable bonds is 10. The van der Waals surface area contributed by atoms with E-state index in [4.69, 9.17) is 14.2 Å². The van der Waals surface area contributed by atoms with E-state index in [-0.39, 0.29) is 25.4 Å². The van der Waals surface area contributed by atoms with E-state index in [1.165, 1.54) is 11.3 Å². The van der Waals surface area contributed by atoms with E-state index in [9.17, 15) is 14.9 Å². The van der Waals surface area contributed by atoms with Gasteiger partial charge in [-0.05, 0) is 19.4 Å². The van der Waals surface area contributed by atoms with Gasteiger partial charge in [-0.3, -0.25) is 14.9 Å². The molecule has 8 nitrogen and oxygen atoms in total. The number of carbonyl (C=O) groups is 1. The first kappa shape index (κ1) is 21.5. The van der Waals surface area contributed by atoms with Gasteiger partial charge >= 0.3 is 0 Å². The highest BCUT2D eigenvalue weighted by Crippen LogP contribution is 2.31. The molecule has 0 unspecified atom stereocenters. The topological polar surface area (TPSA) is 101 Å². The molecular formula is C20H24N2O6S. The molecule has 1 aromatic carbocycles. The van der Waals surface area contributed by atoms with Crippen LogP contribution >= 0.6 is 11.3 Å². The molecule has 0 amide bonds. The monoisotopic (exact) mass is 420 g/mol. The molecule has 9 heteroatoms. The molecule has 2 aromatic rings. The number of hydrogen-bond acceptors (Lipinski definition) is 8. The zero-order valence-corrected chi connectivity index (χ0v) is 17.2. The maximum atomic E-state index is 12.6. The van der Waals surface area contributed by atoms with Crippen molar-refractivity contribution in [3.63, 3.8) is 0 Å². The van der Waals surface area contributed by atoms with E-state index >= 15 is 0 Å². The molecule has 29 heavy (non-hydrogen) atoms. The summed E-state index contributed by atoms with van der Waals surface area (Å²) in [6.45, 7) is 3.66. The van der Waals surface area contributed by atoms with Crippen molar-refractivity contribution in [2.75, 3.05) is 13.2 Å². The summed E-state index contributed by atoms with van der Waals surface area (Å²) < 4.78 is 17.7. The Morgan fingerprint density at radius 3 is 2.76 bits per heavy atom. The molecule has 1 aromatic heterocycles. The minimum Gasteiger partial charge on any atom is -0.370 e. The van der Waals surface area contributed by atoms with Crippen molar-refractivity contribution in [1.82, 2.24) is 4.98 Å². The fourth-order valence-electron chi connectivity index (χ4n) is 3.35. The van der Waals surface area contributed by atoms with Crippen molar-refractivity contribution in [2.24, 2.45) is 5.92 Å². The van der Waals surface area contributed by atoms with Crippen LogP contribution in [0.3, 0.4) is 0 Å². The third kappa shape index (κ3) is 6.14. The molecule has 156 valence electrons. The van der Waals surface area contributed by atoms with Gasteiger partial charge in [0.2, 0.25) is 6.54 Å². The van der Waals surface area contributed by atoms with Gasteiger partial charge in [0, 0.05) is 22.9 Å². The quantitative estimate of drug-likeness (QED) is 0.330. The predicted octanol–water partition coefficient (Wildman–Crippen LogP) is 3.35. The van der Waals surface area contributed by atoms with E-state index in [0.29, 0.717) is 5.01 Å². The normalized spacial score (nSPS) is 20.3. The highest BCUT2D eigenvalue weighted by atomic mass is 32.1. The molecule has 1 aliphatic rings. The molecule has 0 bridgehead atoms. The third-order valence-electron chi connectivity index (χ3n) is 4.65. The van der Waals surface area contributed by atoms with Crippen molar-refractivity contribution in [1.29, 1.82) is 0 Å². The van der Waals surface area contributed by atoms with Crippen LogP contribution in [0.1, 0.15) is 35.6 Å². The molecule has 3 rings (SSSR count). The SMILES string of the molecule is CC1(C)OC[C@H]([C@@H](OCc2ccccc2)[C@@H](CC(=O)c2nccs2)C[N+](=O)[O-])O1. The smallest absolute Gasteiger partial charge is 0.209 e. The Morgan fingerprint density at radius 1 is 1.41 bits per heavy atom. The van der Waals surface area contributed by atoms with E-state index in [1.807, 2.05) is 30.3 Å². The van der Waals surface area contributed by atoms with Crippen LogP contribution in [0.2, 0.25) is 0 Å². The van der Waals surface area contributed by atoms with Gasteiger partial charge < -0.3 is 14.2 Å². The molecule has 1 saturated heterocycles. The Labute approximate surface area is 173 Å². The van der Waals surface area contributed by atoms with E-state index < -0.39 is 35.4 Å². The Hall–Kier alpha value is -2.20. The van der Waals surface area contributed by atoms with E-state index in [2.05, 4.69) is 4.98 Å². The van der Waals surface area contributed by atoms with E-state index in [0.717, 1.165) is 5.56 Å². The van der Waals surface area contributed by atoms with Gasteiger partial charge in [0.1, 0.15) is 6.10 Å². The fourth-order valence-corrected chi connectivity index (χ4v) is 3.94. The molecule has 0 N–H and O–H groups in total. The maximum Gasteiger partial charge on any atom is 0.209 e. The van der Waals surface area contributed by atoms with Gasteiger partial charge in [-0.2, -0.15) is 0 Å². The number of ketones is 1. The largest absolute Gasteiger partial charge is 0.370 e. The standard InChI is InChI=1S/C20H24N2O6S/c1-20(2)27-13-17(28-20)18(26-12-14-6-4-3-5-7-14)15(11-22(24)25)10-16(23)19-21-8-9-29-19/h3-9,15,17-18H,10-13H2,1-2H3/t15-,17+,18-/m0/s1. The lowest BCUT2D eigenvalue weighted by molar-refractivity contribution is -0.491. The first-order valence-electron chi connectivity index (χ1n) is 9.36. The van der Waals surface area contributed by atoms with Crippen LogP contribution in [0, 0.1) is 16.0 Å². The Bertz CT molecular complexity index is 812. The van der Waals surface area contributed by atoms with Crippen molar-refractivity contribution in [3.8, 4) is 0 Å². The van der Waals surface area contributed by atoms with Gasteiger partial charge in [-0.25, -0.2) is 4.98 Å². The van der Waals surface area contributed by atoms with Crippen LogP contribution in [-0.2, 0) is 20.8 Å². The summed E-state index contributed by atoms with van der Waals surface area (Å²) in [4.78, 5) is 27.6. The molecule has 3 atom stereocenters. The number of Topliss-reactive ketones (excluding diaryl/α,β-unsaturated/α-hetero) is 1. The zero-order valence-electron chi connectivity index (χ0n) is 16.4. The van der Waals surface area contributed by atoms with Gasteiger partial charge in [-0.15, -0.1) is 11.3 Å². The van der Waals surface area contributed by atoms with Crippen LogP contribution in [0.15, 0.2) is 41.9 Å². The Morgan fingerprint density at radius 2 is 2.17 bits per heavy atom. The second-order valence-electron chi connectivity index (χ2n) is 7.37. The van der Waals surface area contributed by atoms with Crippen LogP contribution in [0.25, 0.3) is 0 Å². The molecule has 1 fully saturated rings. The zero-order chi connectivity index (χ0) is 20.9. The minimum atomic E-state index is -0.808. The number of aromatic nitrogens is 1. The van der Waals surface area contributed by atoms with Crippen LogP contribution in [0.5, 0.6) is 0 Å². The predicted molar refractivity (Wildman–Crippen MR) is 106 cm³/mol. The molecule has 0 aliphatic carbocycles.